The van der Waals surface area contributed by atoms with E-state index in [1.54, 1.807) is 0 Å². The van der Waals surface area contributed by atoms with Crippen LogP contribution in [-0.2, 0) is 6.42 Å². The molecular formula is C14H25N. The van der Waals surface area contributed by atoms with E-state index in [4.69, 9.17) is 0 Å². The maximum absolute atomic E-state index is 3.23. The van der Waals surface area contributed by atoms with Crippen LogP contribution < -0.4 is 0 Å². The summed E-state index contributed by atoms with van der Waals surface area (Å²) in [6.45, 7) is 6.80. The van der Waals surface area contributed by atoms with E-state index in [2.05, 4.69) is 38.1 Å². The van der Waals surface area contributed by atoms with Gasteiger partial charge < -0.3 is 4.98 Å². The third kappa shape index (κ3) is 4.11. The van der Waals surface area contributed by atoms with E-state index in [0.29, 0.717) is 5.92 Å². The third-order valence-electron chi connectivity index (χ3n) is 3.04. The molecule has 0 fully saturated rings. The van der Waals surface area contributed by atoms with Crippen molar-refractivity contribution < 1.29 is 0 Å². The molecule has 1 heterocycles. The van der Waals surface area contributed by atoms with E-state index < -0.39 is 0 Å². The van der Waals surface area contributed by atoms with Crippen LogP contribution in [0.5, 0.6) is 0 Å². The Hall–Kier alpha value is -0.720. The van der Waals surface area contributed by atoms with Crippen LogP contribution in [-0.4, -0.2) is 4.98 Å². The van der Waals surface area contributed by atoms with Crippen molar-refractivity contribution in [2.24, 2.45) is 0 Å². The molecular weight excluding hydrogens is 182 g/mol. The summed E-state index contributed by atoms with van der Waals surface area (Å²) in [6, 6.07) is 0. The van der Waals surface area contributed by atoms with Crippen LogP contribution in [0.25, 0.3) is 0 Å². The summed E-state index contributed by atoms with van der Waals surface area (Å²) in [6.07, 6.45) is 12.4. The molecule has 1 aromatic heterocycles. The van der Waals surface area contributed by atoms with Crippen molar-refractivity contribution in [1.82, 2.24) is 4.98 Å². The van der Waals surface area contributed by atoms with Gasteiger partial charge in [-0.2, -0.15) is 0 Å². The fourth-order valence-corrected chi connectivity index (χ4v) is 2.08. The van der Waals surface area contributed by atoms with E-state index in [1.165, 1.54) is 49.7 Å². The fraction of sp³-hybridized carbons (Fsp3) is 0.714. The zero-order chi connectivity index (χ0) is 11.1. The van der Waals surface area contributed by atoms with E-state index in [9.17, 15) is 0 Å². The number of aromatic nitrogens is 1. The first-order valence-electron chi connectivity index (χ1n) is 6.41. The van der Waals surface area contributed by atoms with Gasteiger partial charge in [0.15, 0.2) is 0 Å². The van der Waals surface area contributed by atoms with Gasteiger partial charge in [0.05, 0.1) is 0 Å². The number of aromatic amines is 1. The highest BCUT2D eigenvalue weighted by molar-refractivity contribution is 5.26. The average Bonchev–Trinajstić information content (AvgIpc) is 2.66. The number of nitrogens with one attached hydrogen (secondary N) is 1. The summed E-state index contributed by atoms with van der Waals surface area (Å²) in [5.41, 5.74) is 3.03. The third-order valence-corrected chi connectivity index (χ3v) is 3.04. The topological polar surface area (TPSA) is 15.8 Å². The molecule has 1 aromatic rings. The van der Waals surface area contributed by atoms with Gasteiger partial charge in [0.2, 0.25) is 0 Å². The number of hydrogen-bond donors (Lipinski definition) is 1. The monoisotopic (exact) mass is 207 g/mol. The van der Waals surface area contributed by atoms with Crippen LogP contribution in [0.2, 0.25) is 0 Å². The summed E-state index contributed by atoms with van der Waals surface area (Å²) >= 11 is 0. The second-order valence-electron chi connectivity index (χ2n) is 4.75. The van der Waals surface area contributed by atoms with E-state index in [0.717, 1.165) is 0 Å². The van der Waals surface area contributed by atoms with Gasteiger partial charge in [0, 0.05) is 12.4 Å². The molecule has 0 aromatic carbocycles. The Morgan fingerprint density at radius 3 is 2.47 bits per heavy atom. The molecule has 0 unspecified atom stereocenters. The lowest BCUT2D eigenvalue weighted by Crippen LogP contribution is -1.92. The fourth-order valence-electron chi connectivity index (χ4n) is 2.08. The molecule has 1 N–H and O–H groups in total. The van der Waals surface area contributed by atoms with Gasteiger partial charge in [0.1, 0.15) is 0 Å². The zero-order valence-corrected chi connectivity index (χ0v) is 10.5. The molecule has 0 atom stereocenters. The standard InChI is InChI=1S/C14H25N/c1-4-5-6-7-8-9-13-10-15-11-14(13)12(2)3/h10-12,15H,4-9H2,1-3H3. The van der Waals surface area contributed by atoms with Crippen molar-refractivity contribution in [3.63, 3.8) is 0 Å². The van der Waals surface area contributed by atoms with Crippen LogP contribution >= 0.6 is 0 Å². The first kappa shape index (κ1) is 12.4. The molecule has 0 spiro atoms. The van der Waals surface area contributed by atoms with Crippen LogP contribution in [0.1, 0.15) is 69.9 Å². The van der Waals surface area contributed by atoms with E-state index in [-0.39, 0.29) is 0 Å². The van der Waals surface area contributed by atoms with Crippen LogP contribution in [0.15, 0.2) is 12.4 Å². The Labute approximate surface area is 94.3 Å². The quantitative estimate of drug-likeness (QED) is 0.626. The minimum atomic E-state index is 0.655. The Morgan fingerprint density at radius 1 is 1.07 bits per heavy atom. The van der Waals surface area contributed by atoms with Crippen LogP contribution in [0.3, 0.4) is 0 Å². The molecule has 0 saturated heterocycles. The molecule has 0 amide bonds. The predicted octanol–water partition coefficient (Wildman–Crippen LogP) is 4.65. The van der Waals surface area contributed by atoms with Crippen molar-refractivity contribution in [2.45, 2.75) is 65.2 Å². The van der Waals surface area contributed by atoms with Gasteiger partial charge >= 0.3 is 0 Å². The number of unbranched alkanes of at least 4 members (excludes halogenated alkanes) is 4. The molecule has 0 radical (unpaired) electrons. The number of rotatable bonds is 7. The molecule has 1 heteroatoms. The lowest BCUT2D eigenvalue weighted by molar-refractivity contribution is 0.630. The second-order valence-corrected chi connectivity index (χ2v) is 4.75. The van der Waals surface area contributed by atoms with Gasteiger partial charge in [-0.05, 0) is 29.9 Å². The molecule has 0 aliphatic rings. The number of hydrogen-bond acceptors (Lipinski definition) is 0. The highest BCUT2D eigenvalue weighted by atomic mass is 14.6. The molecule has 0 bridgehead atoms. The minimum absolute atomic E-state index is 0.655. The summed E-state index contributed by atoms with van der Waals surface area (Å²) in [4.78, 5) is 3.23. The van der Waals surface area contributed by atoms with Crippen LogP contribution in [0, 0.1) is 0 Å². The average molecular weight is 207 g/mol. The Balaban J connectivity index is 2.28. The van der Waals surface area contributed by atoms with Gasteiger partial charge in [0.25, 0.3) is 0 Å². The summed E-state index contributed by atoms with van der Waals surface area (Å²) < 4.78 is 0. The minimum Gasteiger partial charge on any atom is -0.367 e. The van der Waals surface area contributed by atoms with Crippen molar-refractivity contribution in [3.05, 3.63) is 23.5 Å². The molecule has 86 valence electrons. The molecule has 0 saturated carbocycles. The molecule has 15 heavy (non-hydrogen) atoms. The Bertz CT molecular complexity index is 260. The lowest BCUT2D eigenvalue weighted by Gasteiger charge is -2.06. The van der Waals surface area contributed by atoms with Crippen LogP contribution in [0.4, 0.5) is 0 Å². The Morgan fingerprint density at radius 2 is 1.80 bits per heavy atom. The van der Waals surface area contributed by atoms with Gasteiger partial charge in [-0.15, -0.1) is 0 Å². The predicted molar refractivity (Wildman–Crippen MR) is 67.3 cm³/mol. The summed E-state index contributed by atoms with van der Waals surface area (Å²) in [5.74, 6) is 0.655. The smallest absolute Gasteiger partial charge is 0.00428 e. The normalized spacial score (nSPS) is 11.2. The first-order valence-corrected chi connectivity index (χ1v) is 6.41. The molecule has 1 nitrogen and oxygen atoms in total. The molecule has 0 aliphatic heterocycles. The first-order chi connectivity index (χ1) is 7.25. The van der Waals surface area contributed by atoms with Gasteiger partial charge in [-0.25, -0.2) is 0 Å². The zero-order valence-electron chi connectivity index (χ0n) is 10.5. The SMILES string of the molecule is CCCCCCCc1c[nH]cc1C(C)C. The van der Waals surface area contributed by atoms with Crippen molar-refractivity contribution in [2.75, 3.05) is 0 Å². The lowest BCUT2D eigenvalue weighted by atomic mass is 9.98. The van der Waals surface area contributed by atoms with Gasteiger partial charge in [-0.1, -0.05) is 46.5 Å². The highest BCUT2D eigenvalue weighted by Gasteiger charge is 2.06. The largest absolute Gasteiger partial charge is 0.367 e. The second kappa shape index (κ2) is 6.71. The van der Waals surface area contributed by atoms with Crippen molar-refractivity contribution in [3.8, 4) is 0 Å². The summed E-state index contributed by atoms with van der Waals surface area (Å²) in [7, 11) is 0. The Kier molecular flexibility index (Phi) is 5.52. The highest BCUT2D eigenvalue weighted by Crippen LogP contribution is 2.20. The summed E-state index contributed by atoms with van der Waals surface area (Å²) in [5, 5.41) is 0. The van der Waals surface area contributed by atoms with E-state index in [1.807, 2.05) is 0 Å². The number of H-pyrrole nitrogens is 1. The van der Waals surface area contributed by atoms with E-state index >= 15 is 0 Å². The molecule has 0 aliphatic carbocycles. The molecule has 1 rings (SSSR count). The number of aryl methyl sites for hydroxylation is 1. The maximum Gasteiger partial charge on any atom is 0.00428 e. The van der Waals surface area contributed by atoms with Gasteiger partial charge in [-0.3, -0.25) is 0 Å². The maximum atomic E-state index is 3.23. The van der Waals surface area contributed by atoms with Crippen molar-refractivity contribution >= 4 is 0 Å². The van der Waals surface area contributed by atoms with Crippen molar-refractivity contribution in [1.29, 1.82) is 0 Å².